The number of aromatic amines is 1. The van der Waals surface area contributed by atoms with E-state index in [1.807, 2.05) is 19.1 Å². The molecule has 2 aromatic heterocycles. The van der Waals surface area contributed by atoms with E-state index < -0.39 is 0 Å². The van der Waals surface area contributed by atoms with Gasteiger partial charge in [-0.05, 0) is 32.3 Å². The van der Waals surface area contributed by atoms with Crippen LogP contribution in [0.3, 0.4) is 0 Å². The standard InChI is InChI=1S/C14H19N3O2/c1-3-19-12-6-5-10-13(17-12)16-11(15-10)9-14(18-2)7-4-8-14/h5-6H,3-4,7-9H2,1-2H3,(H,15,16,17). The minimum atomic E-state index is -0.0172. The zero-order valence-electron chi connectivity index (χ0n) is 11.4. The Balaban J connectivity index is 1.84. The van der Waals surface area contributed by atoms with Crippen LogP contribution in [0.2, 0.25) is 0 Å². The van der Waals surface area contributed by atoms with Gasteiger partial charge in [-0.1, -0.05) is 0 Å². The summed E-state index contributed by atoms with van der Waals surface area (Å²) in [5, 5.41) is 0. The number of methoxy groups -OCH3 is 1. The summed E-state index contributed by atoms with van der Waals surface area (Å²) < 4.78 is 11.0. The molecular formula is C14H19N3O2. The molecule has 3 rings (SSSR count). The SMILES string of the molecule is CCOc1ccc2[nH]c(CC3(OC)CCC3)nc2n1. The predicted molar refractivity (Wildman–Crippen MR) is 72.4 cm³/mol. The average Bonchev–Trinajstić information content (AvgIpc) is 2.76. The molecule has 0 bridgehead atoms. The summed E-state index contributed by atoms with van der Waals surface area (Å²) in [6.45, 7) is 2.56. The fourth-order valence-electron chi connectivity index (χ4n) is 2.57. The summed E-state index contributed by atoms with van der Waals surface area (Å²) >= 11 is 0. The van der Waals surface area contributed by atoms with E-state index in [9.17, 15) is 0 Å². The molecule has 19 heavy (non-hydrogen) atoms. The van der Waals surface area contributed by atoms with E-state index >= 15 is 0 Å². The maximum Gasteiger partial charge on any atom is 0.215 e. The third-order valence-electron chi connectivity index (χ3n) is 3.85. The number of aromatic nitrogens is 3. The molecule has 1 saturated carbocycles. The zero-order valence-corrected chi connectivity index (χ0v) is 11.4. The highest BCUT2D eigenvalue weighted by Crippen LogP contribution is 2.37. The second-order valence-corrected chi connectivity index (χ2v) is 5.05. The summed E-state index contributed by atoms with van der Waals surface area (Å²) in [6, 6.07) is 3.83. The lowest BCUT2D eigenvalue weighted by Gasteiger charge is -2.39. The number of ether oxygens (including phenoxy) is 2. The van der Waals surface area contributed by atoms with Gasteiger partial charge in [0.2, 0.25) is 5.88 Å². The lowest BCUT2D eigenvalue weighted by molar-refractivity contribution is -0.0719. The molecule has 0 saturated heterocycles. The minimum Gasteiger partial charge on any atom is -0.478 e. The van der Waals surface area contributed by atoms with Crippen LogP contribution in [0.5, 0.6) is 5.88 Å². The first-order valence-corrected chi connectivity index (χ1v) is 6.78. The number of nitrogens with zero attached hydrogens (tertiary/aromatic N) is 2. The molecule has 1 N–H and O–H groups in total. The summed E-state index contributed by atoms with van der Waals surface area (Å²) in [5.74, 6) is 1.57. The minimum absolute atomic E-state index is 0.0172. The van der Waals surface area contributed by atoms with Crippen molar-refractivity contribution in [1.82, 2.24) is 15.0 Å². The molecule has 0 spiro atoms. The largest absolute Gasteiger partial charge is 0.478 e. The number of rotatable bonds is 5. The van der Waals surface area contributed by atoms with E-state index in [1.54, 1.807) is 7.11 Å². The molecule has 2 heterocycles. The molecule has 1 aliphatic carbocycles. The van der Waals surface area contributed by atoms with Crippen molar-refractivity contribution < 1.29 is 9.47 Å². The molecule has 2 aromatic rings. The molecule has 0 atom stereocenters. The smallest absolute Gasteiger partial charge is 0.215 e. The third-order valence-corrected chi connectivity index (χ3v) is 3.85. The predicted octanol–water partition coefficient (Wildman–Crippen LogP) is 2.47. The van der Waals surface area contributed by atoms with E-state index in [0.29, 0.717) is 18.1 Å². The molecule has 0 radical (unpaired) electrons. The number of nitrogens with one attached hydrogen (secondary N) is 1. The number of pyridine rings is 1. The number of hydrogen-bond donors (Lipinski definition) is 1. The Kier molecular flexibility index (Phi) is 3.14. The number of imidazole rings is 1. The fraction of sp³-hybridized carbons (Fsp3) is 0.571. The topological polar surface area (TPSA) is 60.0 Å². The molecule has 0 aliphatic heterocycles. The van der Waals surface area contributed by atoms with Gasteiger partial charge in [0.25, 0.3) is 0 Å². The van der Waals surface area contributed by atoms with Gasteiger partial charge in [-0.2, -0.15) is 4.98 Å². The monoisotopic (exact) mass is 261 g/mol. The first-order chi connectivity index (χ1) is 9.24. The van der Waals surface area contributed by atoms with E-state index in [1.165, 1.54) is 6.42 Å². The highest BCUT2D eigenvalue weighted by Gasteiger charge is 2.38. The first kappa shape index (κ1) is 12.4. The lowest BCUT2D eigenvalue weighted by Crippen LogP contribution is -2.41. The number of H-pyrrole nitrogens is 1. The van der Waals surface area contributed by atoms with Crippen molar-refractivity contribution >= 4 is 11.2 Å². The van der Waals surface area contributed by atoms with Crippen LogP contribution in [0, 0.1) is 0 Å². The van der Waals surface area contributed by atoms with Crippen LogP contribution in [0.25, 0.3) is 11.2 Å². The van der Waals surface area contributed by atoms with Crippen LogP contribution in [-0.2, 0) is 11.2 Å². The normalized spacial score (nSPS) is 17.4. The molecule has 1 fully saturated rings. The Morgan fingerprint density at radius 2 is 2.16 bits per heavy atom. The molecular weight excluding hydrogens is 242 g/mol. The average molecular weight is 261 g/mol. The van der Waals surface area contributed by atoms with E-state index in [4.69, 9.17) is 9.47 Å². The van der Waals surface area contributed by atoms with Crippen LogP contribution in [-0.4, -0.2) is 34.3 Å². The van der Waals surface area contributed by atoms with Gasteiger partial charge >= 0.3 is 0 Å². The Hall–Kier alpha value is -1.62. The Morgan fingerprint density at radius 3 is 2.79 bits per heavy atom. The van der Waals surface area contributed by atoms with Crippen LogP contribution in [0.15, 0.2) is 12.1 Å². The van der Waals surface area contributed by atoms with Gasteiger partial charge in [-0.25, -0.2) is 4.98 Å². The van der Waals surface area contributed by atoms with Crippen molar-refractivity contribution in [2.24, 2.45) is 0 Å². The van der Waals surface area contributed by atoms with Crippen molar-refractivity contribution in [1.29, 1.82) is 0 Å². The second-order valence-electron chi connectivity index (χ2n) is 5.05. The lowest BCUT2D eigenvalue weighted by atomic mass is 9.77. The molecule has 5 nitrogen and oxygen atoms in total. The third kappa shape index (κ3) is 2.30. The van der Waals surface area contributed by atoms with Gasteiger partial charge in [0.15, 0.2) is 5.65 Å². The Bertz CT molecular complexity index is 570. The molecule has 0 aromatic carbocycles. The van der Waals surface area contributed by atoms with Gasteiger partial charge in [0, 0.05) is 19.6 Å². The highest BCUT2D eigenvalue weighted by atomic mass is 16.5. The van der Waals surface area contributed by atoms with E-state index in [2.05, 4.69) is 15.0 Å². The van der Waals surface area contributed by atoms with Gasteiger partial charge in [0.1, 0.15) is 5.82 Å². The van der Waals surface area contributed by atoms with Crippen molar-refractivity contribution in [3.8, 4) is 5.88 Å². The van der Waals surface area contributed by atoms with Gasteiger partial charge in [0.05, 0.1) is 17.7 Å². The summed E-state index contributed by atoms with van der Waals surface area (Å²) in [6.07, 6.45) is 4.28. The van der Waals surface area contributed by atoms with Crippen molar-refractivity contribution in [3.05, 3.63) is 18.0 Å². The second kappa shape index (κ2) is 4.81. The first-order valence-electron chi connectivity index (χ1n) is 6.78. The van der Waals surface area contributed by atoms with Crippen molar-refractivity contribution in [2.75, 3.05) is 13.7 Å². The highest BCUT2D eigenvalue weighted by molar-refractivity contribution is 5.71. The molecule has 102 valence electrons. The molecule has 5 heteroatoms. The maximum absolute atomic E-state index is 5.63. The van der Waals surface area contributed by atoms with Crippen LogP contribution < -0.4 is 4.74 Å². The molecule has 0 amide bonds. The van der Waals surface area contributed by atoms with Crippen LogP contribution in [0.1, 0.15) is 32.0 Å². The summed E-state index contributed by atoms with van der Waals surface area (Å²) in [5.41, 5.74) is 1.65. The summed E-state index contributed by atoms with van der Waals surface area (Å²) in [7, 11) is 1.78. The zero-order chi connectivity index (χ0) is 13.3. The van der Waals surface area contributed by atoms with Gasteiger partial charge in [-0.15, -0.1) is 0 Å². The van der Waals surface area contributed by atoms with Crippen molar-refractivity contribution in [2.45, 2.75) is 38.2 Å². The molecule has 0 unspecified atom stereocenters. The Labute approximate surface area is 112 Å². The van der Waals surface area contributed by atoms with Crippen molar-refractivity contribution in [3.63, 3.8) is 0 Å². The van der Waals surface area contributed by atoms with Gasteiger partial charge in [-0.3, -0.25) is 0 Å². The number of fused-ring (bicyclic) bond motifs is 1. The van der Waals surface area contributed by atoms with Gasteiger partial charge < -0.3 is 14.5 Å². The Morgan fingerprint density at radius 1 is 1.32 bits per heavy atom. The number of hydrogen-bond acceptors (Lipinski definition) is 4. The fourth-order valence-corrected chi connectivity index (χ4v) is 2.57. The van der Waals surface area contributed by atoms with E-state index in [-0.39, 0.29) is 5.60 Å². The summed E-state index contributed by atoms with van der Waals surface area (Å²) in [4.78, 5) is 12.2. The van der Waals surface area contributed by atoms with Crippen LogP contribution in [0.4, 0.5) is 0 Å². The van der Waals surface area contributed by atoms with E-state index in [0.717, 1.165) is 30.6 Å². The quantitative estimate of drug-likeness (QED) is 0.898. The van der Waals surface area contributed by atoms with Crippen LogP contribution >= 0.6 is 0 Å². The molecule has 1 aliphatic rings. The maximum atomic E-state index is 5.63.